The molecule has 2 saturated heterocycles. The van der Waals surface area contributed by atoms with Crippen LogP contribution in [0.15, 0.2) is 77.6 Å². The molecular formula is C36H30F5N3O5. The van der Waals surface area contributed by atoms with Crippen molar-refractivity contribution in [3.05, 3.63) is 111 Å². The van der Waals surface area contributed by atoms with Crippen LogP contribution in [0, 0.1) is 17.0 Å². The van der Waals surface area contributed by atoms with Gasteiger partial charge in [-0.1, -0.05) is 54.6 Å². The minimum absolute atomic E-state index is 0.0499. The van der Waals surface area contributed by atoms with Gasteiger partial charge >= 0.3 is 12.1 Å². The number of aliphatic carboxylic acids is 1. The lowest BCUT2D eigenvalue weighted by Crippen LogP contribution is -2.66. The number of hydrogen-bond donors (Lipinski definition) is 2. The largest absolute Gasteiger partial charge is 0.481 e. The number of carboxylic acids is 1. The molecule has 0 atom stereocenters. The quantitative estimate of drug-likeness (QED) is 0.204. The fourth-order valence-corrected chi connectivity index (χ4v) is 6.59. The Morgan fingerprint density at radius 2 is 1.53 bits per heavy atom. The molecule has 1 amide bonds. The number of fused-ring (bicyclic) bond motifs is 2. The molecule has 49 heavy (non-hydrogen) atoms. The first kappa shape index (κ1) is 33.6. The zero-order valence-corrected chi connectivity index (χ0v) is 26.1. The fourth-order valence-electron chi connectivity index (χ4n) is 6.59. The first-order chi connectivity index (χ1) is 23.2. The zero-order valence-electron chi connectivity index (χ0n) is 26.1. The second-order valence-electron chi connectivity index (χ2n) is 12.3. The van der Waals surface area contributed by atoms with Crippen molar-refractivity contribution in [2.24, 2.45) is 18.2 Å². The highest BCUT2D eigenvalue weighted by molar-refractivity contribution is 6.01. The number of anilines is 1. The Morgan fingerprint density at radius 3 is 2.12 bits per heavy atom. The van der Waals surface area contributed by atoms with Crippen molar-refractivity contribution in [3.8, 4) is 11.1 Å². The maximum atomic E-state index is 14.3. The van der Waals surface area contributed by atoms with Crippen LogP contribution in [0.4, 0.5) is 27.6 Å². The van der Waals surface area contributed by atoms with Crippen LogP contribution < -0.4 is 16.2 Å². The minimum Gasteiger partial charge on any atom is -0.481 e. The first-order valence-electron chi connectivity index (χ1n) is 15.2. The van der Waals surface area contributed by atoms with Gasteiger partial charge in [-0.15, -0.1) is 0 Å². The normalized spacial score (nSPS) is 15.0. The zero-order chi connectivity index (χ0) is 35.2. The molecule has 3 heterocycles. The fraction of sp³-hybridized carbons (Fsp3) is 0.250. The molecule has 0 saturated carbocycles. The minimum atomic E-state index is -4.74. The van der Waals surface area contributed by atoms with Crippen molar-refractivity contribution >= 4 is 39.2 Å². The van der Waals surface area contributed by atoms with Crippen LogP contribution in [0.5, 0.6) is 0 Å². The van der Waals surface area contributed by atoms with Crippen LogP contribution in [-0.4, -0.2) is 47.9 Å². The summed E-state index contributed by atoms with van der Waals surface area (Å²) < 4.78 is 76.3. The van der Waals surface area contributed by atoms with Gasteiger partial charge < -0.3 is 25.0 Å². The number of aryl methyl sites for hydroxylation is 2. The van der Waals surface area contributed by atoms with Crippen molar-refractivity contribution in [2.75, 3.05) is 31.2 Å². The summed E-state index contributed by atoms with van der Waals surface area (Å²) in [5.74, 6) is -3.88. The number of carbonyl (C=O) groups excluding carboxylic acids is 1. The first-order valence-corrected chi connectivity index (χ1v) is 15.2. The highest BCUT2D eigenvalue weighted by atomic mass is 19.4. The average molecular weight is 680 g/mol. The lowest BCUT2D eigenvalue weighted by molar-refractivity contribution is -0.137. The smallest absolute Gasteiger partial charge is 0.417 e. The number of halogens is 5. The Labute approximate surface area is 276 Å². The van der Waals surface area contributed by atoms with Gasteiger partial charge in [0.2, 0.25) is 0 Å². The number of nitrogens with two attached hydrogens (primary N) is 1. The molecule has 0 aliphatic carbocycles. The summed E-state index contributed by atoms with van der Waals surface area (Å²) >= 11 is 0. The topological polar surface area (TPSA) is 115 Å². The maximum Gasteiger partial charge on any atom is 0.417 e. The number of pyridine rings is 1. The molecule has 8 nitrogen and oxygen atoms in total. The van der Waals surface area contributed by atoms with E-state index in [-0.39, 0.29) is 34.7 Å². The van der Waals surface area contributed by atoms with E-state index < -0.39 is 51.9 Å². The summed E-state index contributed by atoms with van der Waals surface area (Å²) in [5, 5.41) is 10.1. The molecule has 1 spiro atoms. The Morgan fingerprint density at radius 1 is 0.918 bits per heavy atom. The molecular weight excluding hydrogens is 649 g/mol. The number of carbonyl (C=O) groups is 2. The predicted molar refractivity (Wildman–Crippen MR) is 173 cm³/mol. The second kappa shape index (κ2) is 12.6. The molecule has 0 bridgehead atoms. The van der Waals surface area contributed by atoms with E-state index in [4.69, 9.17) is 15.6 Å². The van der Waals surface area contributed by atoms with Crippen molar-refractivity contribution in [1.82, 2.24) is 4.57 Å². The molecule has 13 heteroatoms. The van der Waals surface area contributed by atoms with E-state index in [2.05, 4.69) is 0 Å². The van der Waals surface area contributed by atoms with E-state index in [1.165, 1.54) is 35.9 Å². The Hall–Kier alpha value is -5.30. The van der Waals surface area contributed by atoms with Gasteiger partial charge in [0.05, 0.1) is 35.3 Å². The van der Waals surface area contributed by atoms with Gasteiger partial charge in [-0.25, -0.2) is 8.78 Å². The van der Waals surface area contributed by atoms with Crippen LogP contribution in [0.3, 0.4) is 0 Å². The van der Waals surface area contributed by atoms with E-state index in [9.17, 15) is 36.3 Å². The highest BCUT2D eigenvalue weighted by Crippen LogP contribution is 2.43. The molecule has 0 radical (unpaired) electrons. The van der Waals surface area contributed by atoms with Gasteiger partial charge in [0.1, 0.15) is 17.2 Å². The Kier molecular flexibility index (Phi) is 8.65. The molecule has 3 N–H and O–H groups in total. The molecule has 2 aliphatic heterocycles. The number of hydrogen-bond acceptors (Lipinski definition) is 5. The van der Waals surface area contributed by atoms with Gasteiger partial charge in [-0.3, -0.25) is 14.4 Å². The molecule has 1 aromatic heterocycles. The van der Waals surface area contributed by atoms with Crippen LogP contribution in [0.2, 0.25) is 0 Å². The van der Waals surface area contributed by atoms with E-state index in [1.54, 1.807) is 36.4 Å². The number of para-hydroxylation sites is 1. The number of alkyl halides is 3. The number of rotatable bonds is 6. The monoisotopic (exact) mass is 679 g/mol. The summed E-state index contributed by atoms with van der Waals surface area (Å²) in [5.41, 5.74) is 3.80. The van der Waals surface area contributed by atoms with E-state index in [0.29, 0.717) is 35.2 Å². The van der Waals surface area contributed by atoms with Gasteiger partial charge in [0.15, 0.2) is 0 Å². The molecule has 254 valence electrons. The highest BCUT2D eigenvalue weighted by Gasteiger charge is 2.49. The van der Waals surface area contributed by atoms with Crippen LogP contribution >= 0.6 is 0 Å². The summed E-state index contributed by atoms with van der Waals surface area (Å²) in [6.07, 6.45) is -4.61. The SMILES string of the molecule is Cn1c(=O)c(-c2cccc3c(CCC(=O)O)cccc23)c(C(F)(F)F)c2ccccc21.NC(=O)c1c(F)cc(N2CC3(COC3)C2)cc1F. The number of carboxylic acid groups (broad SMARTS) is 1. The van der Waals surface area contributed by atoms with Crippen molar-refractivity contribution < 1.29 is 41.4 Å². The third-order valence-electron chi connectivity index (χ3n) is 8.98. The molecule has 7 rings (SSSR count). The Bertz CT molecular complexity index is 2160. The summed E-state index contributed by atoms with van der Waals surface area (Å²) in [6.45, 7) is 2.85. The van der Waals surface area contributed by atoms with Gasteiger partial charge in [-0.05, 0) is 46.5 Å². The molecule has 2 aliphatic rings. The third kappa shape index (κ3) is 6.21. The molecule has 2 fully saturated rings. The van der Waals surface area contributed by atoms with E-state index >= 15 is 0 Å². The van der Waals surface area contributed by atoms with E-state index in [0.717, 1.165) is 25.2 Å². The lowest BCUT2D eigenvalue weighted by atomic mass is 9.78. The molecule has 5 aromatic rings. The molecule has 4 aromatic carbocycles. The second-order valence-corrected chi connectivity index (χ2v) is 12.3. The number of benzene rings is 4. The van der Waals surface area contributed by atoms with Gasteiger partial charge in [0, 0.05) is 37.6 Å². The predicted octanol–water partition coefficient (Wildman–Crippen LogP) is 6.30. The van der Waals surface area contributed by atoms with Crippen LogP contribution in [0.25, 0.3) is 32.8 Å². The van der Waals surface area contributed by atoms with Crippen LogP contribution in [-0.2, 0) is 29.2 Å². The number of aromatic nitrogens is 1. The van der Waals surface area contributed by atoms with Crippen molar-refractivity contribution in [3.63, 3.8) is 0 Å². The summed E-state index contributed by atoms with van der Waals surface area (Å²) in [7, 11) is 1.46. The lowest BCUT2D eigenvalue weighted by Gasteiger charge is -2.56. The maximum absolute atomic E-state index is 14.3. The summed E-state index contributed by atoms with van der Waals surface area (Å²) in [4.78, 5) is 36.9. The summed E-state index contributed by atoms with van der Waals surface area (Å²) in [6, 6.07) is 18.2. The van der Waals surface area contributed by atoms with Crippen molar-refractivity contribution in [2.45, 2.75) is 19.0 Å². The number of primary amides is 1. The number of amides is 1. The molecule has 0 unspecified atom stereocenters. The number of ether oxygens (including phenoxy) is 1. The Balaban J connectivity index is 0.000000195. The third-order valence-corrected chi connectivity index (χ3v) is 8.98. The van der Waals surface area contributed by atoms with E-state index in [1.807, 2.05) is 4.90 Å². The van der Waals surface area contributed by atoms with Gasteiger partial charge in [-0.2, -0.15) is 13.2 Å². The number of nitrogens with zero attached hydrogens (tertiary/aromatic N) is 2. The standard InChI is InChI=1S/C24H18F3NO3.C12H12F2N2O2/c1-28-19-11-3-2-7-18(19)22(24(25,26)27)21(23(28)31)17-10-5-8-15-14(12-13-20(29)30)6-4-9-16(15)17;13-8-1-7(2-9(14)10(8)11(15)17)16-3-12(4-16)5-18-6-12/h2-11H,12-13H2,1H3,(H,29,30);1-2H,3-6H2,(H2,15,17). The van der Waals surface area contributed by atoms with Crippen LogP contribution in [0.1, 0.15) is 27.9 Å². The van der Waals surface area contributed by atoms with Crippen molar-refractivity contribution in [1.29, 1.82) is 0 Å². The average Bonchev–Trinajstić information content (AvgIpc) is 2.99. The van der Waals surface area contributed by atoms with Gasteiger partial charge in [0.25, 0.3) is 11.5 Å².